The summed E-state index contributed by atoms with van der Waals surface area (Å²) in [6.45, 7) is 6.90. The highest BCUT2D eigenvalue weighted by Gasteiger charge is 2.32. The molecule has 0 amide bonds. The third kappa shape index (κ3) is 1.48. The van der Waals surface area contributed by atoms with E-state index in [1.165, 1.54) is 36.3 Å². The molecule has 2 heterocycles. The Morgan fingerprint density at radius 2 is 2.25 bits per heavy atom. The average Bonchev–Trinajstić information content (AvgIpc) is 2.29. The van der Waals surface area contributed by atoms with Crippen molar-refractivity contribution >= 4 is 11.4 Å². The lowest BCUT2D eigenvalue weighted by atomic mass is 9.88. The number of benzene rings is 1. The van der Waals surface area contributed by atoms with Crippen molar-refractivity contribution in [1.82, 2.24) is 0 Å². The van der Waals surface area contributed by atoms with Gasteiger partial charge in [0.15, 0.2) is 0 Å². The number of hydrogen-bond donors (Lipinski definition) is 1. The van der Waals surface area contributed by atoms with Crippen LogP contribution >= 0.6 is 0 Å². The molecule has 2 heteroatoms. The van der Waals surface area contributed by atoms with Crippen molar-refractivity contribution in [2.45, 2.75) is 32.7 Å². The molecule has 0 spiro atoms. The predicted octanol–water partition coefficient (Wildman–Crippen LogP) is 3.03. The summed E-state index contributed by atoms with van der Waals surface area (Å²) in [5.41, 5.74) is 4.10. The van der Waals surface area contributed by atoms with Crippen LogP contribution in [0.2, 0.25) is 0 Å². The van der Waals surface area contributed by atoms with Gasteiger partial charge in [-0.2, -0.15) is 0 Å². The maximum Gasteiger partial charge on any atom is 0.0607 e. The van der Waals surface area contributed by atoms with Crippen molar-refractivity contribution < 1.29 is 0 Å². The first kappa shape index (κ1) is 10.0. The summed E-state index contributed by atoms with van der Waals surface area (Å²) in [5, 5.41) is 3.58. The Morgan fingerprint density at radius 3 is 3.12 bits per heavy atom. The number of rotatable bonds is 0. The van der Waals surface area contributed by atoms with E-state index < -0.39 is 0 Å². The summed E-state index contributed by atoms with van der Waals surface area (Å²) in [4.78, 5) is 2.62. The Morgan fingerprint density at radius 1 is 1.38 bits per heavy atom. The van der Waals surface area contributed by atoms with Gasteiger partial charge in [-0.3, -0.25) is 0 Å². The minimum Gasteiger partial charge on any atom is -0.381 e. The Labute approximate surface area is 97.6 Å². The molecule has 1 aromatic carbocycles. The van der Waals surface area contributed by atoms with Crippen molar-refractivity contribution in [1.29, 1.82) is 0 Å². The van der Waals surface area contributed by atoms with Crippen LogP contribution in [0.3, 0.4) is 0 Å². The van der Waals surface area contributed by atoms with Gasteiger partial charge in [-0.05, 0) is 43.4 Å². The van der Waals surface area contributed by atoms with E-state index in [2.05, 4.69) is 42.3 Å². The number of nitrogens with one attached hydrogen (secondary N) is 1. The molecule has 0 saturated carbocycles. The third-order valence-corrected chi connectivity index (χ3v) is 4.08. The van der Waals surface area contributed by atoms with Crippen LogP contribution in [0, 0.1) is 12.8 Å². The summed E-state index contributed by atoms with van der Waals surface area (Å²) in [6, 6.07) is 7.44. The lowest BCUT2D eigenvalue weighted by Gasteiger charge is -2.46. The van der Waals surface area contributed by atoms with Crippen LogP contribution in [0.25, 0.3) is 0 Å². The van der Waals surface area contributed by atoms with Gasteiger partial charge in [0.05, 0.1) is 11.4 Å². The van der Waals surface area contributed by atoms with E-state index in [4.69, 9.17) is 0 Å². The molecule has 2 unspecified atom stereocenters. The summed E-state index contributed by atoms with van der Waals surface area (Å²) in [6.07, 6.45) is 2.72. The van der Waals surface area contributed by atoms with Gasteiger partial charge in [-0.1, -0.05) is 13.0 Å². The SMILES string of the molecule is Cc1ccc2c(c1)N1CCCC(C)C1CN2. The van der Waals surface area contributed by atoms with E-state index in [0.717, 1.165) is 12.5 Å². The second-order valence-corrected chi connectivity index (χ2v) is 5.28. The summed E-state index contributed by atoms with van der Waals surface area (Å²) < 4.78 is 0. The summed E-state index contributed by atoms with van der Waals surface area (Å²) >= 11 is 0. The zero-order chi connectivity index (χ0) is 11.1. The van der Waals surface area contributed by atoms with Crippen LogP contribution in [0.1, 0.15) is 25.3 Å². The molecule has 1 saturated heterocycles. The number of piperidine rings is 1. The lowest BCUT2D eigenvalue weighted by Crippen LogP contribution is -2.51. The van der Waals surface area contributed by atoms with E-state index in [1.807, 2.05) is 0 Å². The van der Waals surface area contributed by atoms with Crippen LogP contribution in [0.4, 0.5) is 11.4 Å². The van der Waals surface area contributed by atoms with Crippen LogP contribution in [-0.4, -0.2) is 19.1 Å². The minimum atomic E-state index is 0.697. The first-order valence-corrected chi connectivity index (χ1v) is 6.37. The molecule has 0 radical (unpaired) electrons. The number of fused-ring (bicyclic) bond motifs is 3. The Bertz CT molecular complexity index is 400. The lowest BCUT2D eigenvalue weighted by molar-refractivity contribution is 0.351. The largest absolute Gasteiger partial charge is 0.381 e. The topological polar surface area (TPSA) is 15.3 Å². The molecule has 2 aliphatic heterocycles. The number of nitrogens with zero attached hydrogens (tertiary/aromatic N) is 1. The molecule has 0 bridgehead atoms. The van der Waals surface area contributed by atoms with Gasteiger partial charge >= 0.3 is 0 Å². The van der Waals surface area contributed by atoms with Crippen LogP contribution < -0.4 is 10.2 Å². The molecule has 2 aliphatic rings. The Kier molecular flexibility index (Phi) is 2.31. The van der Waals surface area contributed by atoms with E-state index in [-0.39, 0.29) is 0 Å². The zero-order valence-corrected chi connectivity index (χ0v) is 10.2. The van der Waals surface area contributed by atoms with E-state index >= 15 is 0 Å². The molecule has 0 aliphatic carbocycles. The third-order valence-electron chi connectivity index (χ3n) is 4.08. The first-order valence-electron chi connectivity index (χ1n) is 6.37. The van der Waals surface area contributed by atoms with Crippen molar-refractivity contribution in [2.75, 3.05) is 23.3 Å². The maximum atomic E-state index is 3.58. The Hall–Kier alpha value is -1.18. The van der Waals surface area contributed by atoms with Crippen LogP contribution in [-0.2, 0) is 0 Å². The molecule has 1 fully saturated rings. The standard InChI is InChI=1S/C14H20N2/c1-10-5-6-12-13(8-10)16-7-3-4-11(2)14(16)9-15-12/h5-6,8,11,14-15H,3-4,7,9H2,1-2H3. The Balaban J connectivity index is 2.01. The smallest absolute Gasteiger partial charge is 0.0607 e. The number of anilines is 2. The summed E-state index contributed by atoms with van der Waals surface area (Å²) in [5.74, 6) is 0.815. The second kappa shape index (κ2) is 3.69. The van der Waals surface area contributed by atoms with Gasteiger partial charge in [0.25, 0.3) is 0 Å². The highest BCUT2D eigenvalue weighted by Crippen LogP contribution is 2.37. The monoisotopic (exact) mass is 216 g/mol. The van der Waals surface area contributed by atoms with Gasteiger partial charge in [0.2, 0.25) is 0 Å². The molecule has 3 rings (SSSR count). The molecule has 2 atom stereocenters. The van der Waals surface area contributed by atoms with Crippen molar-refractivity contribution in [3.63, 3.8) is 0 Å². The maximum absolute atomic E-state index is 3.58. The molecule has 1 aromatic rings. The molecule has 1 N–H and O–H groups in total. The molecular formula is C14H20N2. The van der Waals surface area contributed by atoms with Crippen molar-refractivity contribution in [3.8, 4) is 0 Å². The molecule has 0 aromatic heterocycles. The average molecular weight is 216 g/mol. The minimum absolute atomic E-state index is 0.697. The molecular weight excluding hydrogens is 196 g/mol. The van der Waals surface area contributed by atoms with E-state index in [0.29, 0.717) is 6.04 Å². The fourth-order valence-corrected chi connectivity index (χ4v) is 3.10. The predicted molar refractivity (Wildman–Crippen MR) is 69.2 cm³/mol. The second-order valence-electron chi connectivity index (χ2n) is 5.28. The normalized spacial score (nSPS) is 28.0. The highest BCUT2D eigenvalue weighted by atomic mass is 15.2. The molecule has 2 nitrogen and oxygen atoms in total. The summed E-state index contributed by atoms with van der Waals surface area (Å²) in [7, 11) is 0. The van der Waals surface area contributed by atoms with Crippen LogP contribution in [0.15, 0.2) is 18.2 Å². The fraction of sp³-hybridized carbons (Fsp3) is 0.571. The first-order chi connectivity index (χ1) is 7.75. The van der Waals surface area contributed by atoms with Gasteiger partial charge in [0, 0.05) is 19.1 Å². The van der Waals surface area contributed by atoms with Crippen molar-refractivity contribution in [2.24, 2.45) is 5.92 Å². The zero-order valence-electron chi connectivity index (χ0n) is 10.2. The number of hydrogen-bond acceptors (Lipinski definition) is 2. The van der Waals surface area contributed by atoms with E-state index in [9.17, 15) is 0 Å². The van der Waals surface area contributed by atoms with Gasteiger partial charge < -0.3 is 10.2 Å². The van der Waals surface area contributed by atoms with Gasteiger partial charge in [-0.15, -0.1) is 0 Å². The van der Waals surface area contributed by atoms with Crippen molar-refractivity contribution in [3.05, 3.63) is 23.8 Å². The van der Waals surface area contributed by atoms with Gasteiger partial charge in [0.1, 0.15) is 0 Å². The molecule has 86 valence electrons. The van der Waals surface area contributed by atoms with Crippen LogP contribution in [0.5, 0.6) is 0 Å². The fourth-order valence-electron chi connectivity index (χ4n) is 3.10. The van der Waals surface area contributed by atoms with Gasteiger partial charge in [-0.25, -0.2) is 0 Å². The molecule has 16 heavy (non-hydrogen) atoms. The number of aryl methyl sites for hydroxylation is 1. The van der Waals surface area contributed by atoms with E-state index in [1.54, 1.807) is 0 Å². The quantitative estimate of drug-likeness (QED) is 0.717. The highest BCUT2D eigenvalue weighted by molar-refractivity contribution is 5.73.